The van der Waals surface area contributed by atoms with Crippen LogP contribution in [0, 0.1) is 5.92 Å². The van der Waals surface area contributed by atoms with Crippen molar-refractivity contribution in [3.63, 3.8) is 0 Å². The number of nitrogen functional groups attached to an aromatic ring is 1. The monoisotopic (exact) mass is 357 g/mol. The van der Waals surface area contributed by atoms with E-state index in [2.05, 4.69) is 15.0 Å². The normalized spacial score (nSPS) is 23.7. The molecule has 11 heteroatoms. The molecule has 2 aromatic heterocycles. The number of nitrogens with two attached hydrogens (primary N) is 1. The van der Waals surface area contributed by atoms with Gasteiger partial charge in [-0.3, -0.25) is 14.3 Å². The Morgan fingerprint density at radius 3 is 3.00 bits per heavy atom. The number of aromatic nitrogens is 4. The van der Waals surface area contributed by atoms with Gasteiger partial charge >= 0.3 is 7.60 Å². The molecule has 1 fully saturated rings. The maximum Gasteiger partial charge on any atom is 0.351 e. The Kier molecular flexibility index (Phi) is 4.25. The number of aromatic amines is 1. The van der Waals surface area contributed by atoms with Gasteiger partial charge in [-0.2, -0.15) is 4.98 Å². The Morgan fingerprint density at radius 2 is 2.33 bits per heavy atom. The van der Waals surface area contributed by atoms with Crippen LogP contribution in [0.1, 0.15) is 26.2 Å². The highest BCUT2D eigenvalue weighted by molar-refractivity contribution is 7.51. The van der Waals surface area contributed by atoms with Gasteiger partial charge in [-0.05, 0) is 18.8 Å². The van der Waals surface area contributed by atoms with E-state index in [9.17, 15) is 9.36 Å². The average molecular weight is 357 g/mol. The predicted molar refractivity (Wildman–Crippen MR) is 86.3 cm³/mol. The van der Waals surface area contributed by atoms with E-state index in [-0.39, 0.29) is 17.4 Å². The summed E-state index contributed by atoms with van der Waals surface area (Å²) in [4.78, 5) is 40.5. The van der Waals surface area contributed by atoms with Crippen LogP contribution in [0.3, 0.4) is 0 Å². The number of hydrogen-bond donors (Lipinski definition) is 4. The highest BCUT2D eigenvalue weighted by atomic mass is 31.2. The molecule has 0 saturated heterocycles. The molecular weight excluding hydrogens is 337 g/mol. The largest absolute Gasteiger partial charge is 0.369 e. The summed E-state index contributed by atoms with van der Waals surface area (Å²) in [6, 6.07) is 0. The molecule has 2 atom stereocenters. The van der Waals surface area contributed by atoms with Gasteiger partial charge in [-0.15, -0.1) is 0 Å². The van der Waals surface area contributed by atoms with E-state index in [1.165, 1.54) is 6.33 Å². The number of anilines is 1. The van der Waals surface area contributed by atoms with E-state index in [0.717, 1.165) is 12.8 Å². The first kappa shape index (κ1) is 17.1. The van der Waals surface area contributed by atoms with Crippen molar-refractivity contribution < 1.29 is 19.1 Å². The number of nitrogens with zero attached hydrogens (tertiary/aromatic N) is 3. The zero-order valence-corrected chi connectivity index (χ0v) is 14.1. The van der Waals surface area contributed by atoms with Gasteiger partial charge in [0.15, 0.2) is 11.2 Å². The summed E-state index contributed by atoms with van der Waals surface area (Å²) in [5, 5.41) is 0. The lowest BCUT2D eigenvalue weighted by atomic mass is 10.1. The van der Waals surface area contributed by atoms with Gasteiger partial charge in [0.05, 0.1) is 18.5 Å². The van der Waals surface area contributed by atoms with Crippen molar-refractivity contribution in [2.24, 2.45) is 5.92 Å². The molecule has 2 aromatic rings. The lowest BCUT2D eigenvalue weighted by Gasteiger charge is -2.20. The van der Waals surface area contributed by atoms with Crippen LogP contribution in [0.25, 0.3) is 11.2 Å². The van der Waals surface area contributed by atoms with Crippen LogP contribution in [0.5, 0.6) is 0 Å². The summed E-state index contributed by atoms with van der Waals surface area (Å²) in [6.45, 7) is 2.35. The highest BCUT2D eigenvalue weighted by Gasteiger charge is 2.55. The minimum absolute atomic E-state index is 0.0136. The summed E-state index contributed by atoms with van der Waals surface area (Å²) >= 11 is 0. The Morgan fingerprint density at radius 1 is 1.58 bits per heavy atom. The summed E-state index contributed by atoms with van der Waals surface area (Å²) in [5.74, 6) is 0.186. The van der Waals surface area contributed by atoms with Crippen LogP contribution < -0.4 is 11.3 Å². The van der Waals surface area contributed by atoms with E-state index in [1.54, 1.807) is 4.57 Å². The standard InChI is InChI=1S/C13H20N5O5P/c1-2-3-8-4-13(8,23-7-24(20,21)22)5-18-6-15-9-10(18)16-12(14)17-11(9)19/h6,8H,2-5,7H2,1H3,(H2,20,21,22)(H3,14,16,17,19)/t8-,13+/m0/s1. The molecule has 1 aliphatic rings. The number of hydrogen-bond acceptors (Lipinski definition) is 6. The first-order chi connectivity index (χ1) is 11.2. The SMILES string of the molecule is CCC[C@H]1C[C@]1(Cn1cnc2c(=O)[nH]c(N)nc21)OCP(=O)(O)O. The second-order valence-corrected chi connectivity index (χ2v) is 7.78. The molecule has 1 aliphatic carbocycles. The fourth-order valence-electron chi connectivity index (χ4n) is 3.08. The molecule has 0 radical (unpaired) electrons. The van der Waals surface area contributed by atoms with Gasteiger partial charge in [0.25, 0.3) is 5.56 Å². The quantitative estimate of drug-likeness (QED) is 0.519. The Labute approximate surface area is 137 Å². The van der Waals surface area contributed by atoms with Crippen LogP contribution >= 0.6 is 7.60 Å². The van der Waals surface area contributed by atoms with Crippen molar-refractivity contribution in [2.45, 2.75) is 38.3 Å². The topological polar surface area (TPSA) is 156 Å². The van der Waals surface area contributed by atoms with Crippen LogP contribution in [-0.2, 0) is 15.8 Å². The number of imidazole rings is 1. The first-order valence-corrected chi connectivity index (χ1v) is 9.43. The molecular formula is C13H20N5O5P. The van der Waals surface area contributed by atoms with Crippen molar-refractivity contribution in [3.05, 3.63) is 16.7 Å². The third-order valence-electron chi connectivity index (χ3n) is 4.26. The fraction of sp³-hybridized carbons (Fsp3) is 0.615. The van der Waals surface area contributed by atoms with Crippen LogP contribution in [-0.4, -0.2) is 41.3 Å². The Bertz CT molecular complexity index is 858. The number of H-pyrrole nitrogens is 1. The molecule has 24 heavy (non-hydrogen) atoms. The molecule has 0 aliphatic heterocycles. The van der Waals surface area contributed by atoms with Crippen molar-refractivity contribution in [3.8, 4) is 0 Å². The highest BCUT2D eigenvalue weighted by Crippen LogP contribution is 2.53. The molecule has 0 bridgehead atoms. The number of rotatable bonds is 7. The van der Waals surface area contributed by atoms with Crippen molar-refractivity contribution >= 4 is 24.7 Å². The summed E-state index contributed by atoms with van der Waals surface area (Å²) in [6.07, 6.45) is 3.37. The van der Waals surface area contributed by atoms with E-state index in [1.807, 2.05) is 6.92 Å². The van der Waals surface area contributed by atoms with Gasteiger partial charge in [0.2, 0.25) is 5.95 Å². The number of nitrogens with one attached hydrogen (secondary N) is 1. The minimum atomic E-state index is -4.26. The summed E-state index contributed by atoms with van der Waals surface area (Å²) in [5.41, 5.74) is 4.98. The van der Waals surface area contributed by atoms with Gasteiger partial charge in [0, 0.05) is 0 Å². The molecule has 0 aromatic carbocycles. The van der Waals surface area contributed by atoms with Gasteiger partial charge in [-0.1, -0.05) is 13.3 Å². The van der Waals surface area contributed by atoms with E-state index >= 15 is 0 Å². The molecule has 0 unspecified atom stereocenters. The van der Waals surface area contributed by atoms with Crippen molar-refractivity contribution in [2.75, 3.05) is 12.1 Å². The van der Waals surface area contributed by atoms with Crippen LogP contribution in [0.2, 0.25) is 0 Å². The summed E-state index contributed by atoms with van der Waals surface area (Å²) < 4.78 is 18.4. The Balaban J connectivity index is 1.89. The number of fused-ring (bicyclic) bond motifs is 1. The van der Waals surface area contributed by atoms with E-state index in [0.29, 0.717) is 18.6 Å². The fourth-order valence-corrected chi connectivity index (χ4v) is 3.50. The second-order valence-electron chi connectivity index (χ2n) is 6.19. The first-order valence-electron chi connectivity index (χ1n) is 7.63. The maximum atomic E-state index is 11.8. The van der Waals surface area contributed by atoms with Gasteiger partial charge in [0.1, 0.15) is 6.35 Å². The maximum absolute atomic E-state index is 11.8. The smallest absolute Gasteiger partial charge is 0.351 e. The Hall–Kier alpha value is -1.74. The average Bonchev–Trinajstić information content (AvgIpc) is 2.99. The molecule has 0 spiro atoms. The predicted octanol–water partition coefficient (Wildman–Crippen LogP) is 0.412. The molecule has 132 valence electrons. The van der Waals surface area contributed by atoms with E-state index in [4.69, 9.17) is 20.3 Å². The molecule has 3 rings (SSSR count). The second kappa shape index (κ2) is 5.96. The summed E-state index contributed by atoms with van der Waals surface area (Å²) in [7, 11) is -4.26. The van der Waals surface area contributed by atoms with Crippen LogP contribution in [0.15, 0.2) is 11.1 Å². The van der Waals surface area contributed by atoms with Crippen molar-refractivity contribution in [1.82, 2.24) is 19.5 Å². The molecule has 10 nitrogen and oxygen atoms in total. The zero-order chi connectivity index (χ0) is 17.5. The molecule has 2 heterocycles. The molecule has 5 N–H and O–H groups in total. The van der Waals surface area contributed by atoms with Crippen molar-refractivity contribution in [1.29, 1.82) is 0 Å². The van der Waals surface area contributed by atoms with Crippen LogP contribution in [0.4, 0.5) is 5.95 Å². The molecule has 1 saturated carbocycles. The molecule has 0 amide bonds. The minimum Gasteiger partial charge on any atom is -0.369 e. The lowest BCUT2D eigenvalue weighted by Crippen LogP contribution is -2.25. The van der Waals surface area contributed by atoms with Gasteiger partial charge < -0.3 is 24.8 Å². The lowest BCUT2D eigenvalue weighted by molar-refractivity contribution is 0.0274. The zero-order valence-electron chi connectivity index (χ0n) is 13.2. The third kappa shape index (κ3) is 3.36. The third-order valence-corrected chi connectivity index (χ3v) is 4.73. The van der Waals surface area contributed by atoms with E-state index < -0.39 is 25.1 Å². The van der Waals surface area contributed by atoms with Gasteiger partial charge in [-0.25, -0.2) is 4.98 Å². The number of ether oxygens (including phenoxy) is 1.